The zero-order chi connectivity index (χ0) is 23.1. The number of ether oxygens (including phenoxy) is 1. The lowest BCUT2D eigenvalue weighted by atomic mass is 10.00. The van der Waals surface area contributed by atoms with Crippen LogP contribution in [0.4, 0.5) is 10.5 Å². The molecule has 9 nitrogen and oxygen atoms in total. The molecule has 10 heteroatoms. The summed E-state index contributed by atoms with van der Waals surface area (Å²) in [5, 5.41) is 6.91. The van der Waals surface area contributed by atoms with Gasteiger partial charge < -0.3 is 15.1 Å². The molecule has 3 N–H and O–H groups in total. The molecule has 3 heterocycles. The van der Waals surface area contributed by atoms with Crippen molar-refractivity contribution in [1.29, 1.82) is 0 Å². The monoisotopic (exact) mass is 468 g/mol. The zero-order valence-electron chi connectivity index (χ0n) is 18.3. The minimum absolute atomic E-state index is 0.00422. The van der Waals surface area contributed by atoms with Crippen LogP contribution in [0.25, 0.3) is 0 Å². The Labute approximate surface area is 196 Å². The normalized spacial score (nSPS) is 23.5. The van der Waals surface area contributed by atoms with Gasteiger partial charge in [-0.2, -0.15) is 0 Å². The standard InChI is InChI=1S/C23H25ClN6O3/c1-14-3-8-20(33-2)18(11-14)25-21(31)13-30-23(32)28-9-10-29-19(22(28)27-30)12-17(26-29)15-4-6-16(24)7-5-15/h3-11,17,19,22,26-27H,12-13H2,1-2H3,(H,25,31). The third-order valence-corrected chi connectivity index (χ3v) is 6.39. The number of urea groups is 1. The smallest absolute Gasteiger partial charge is 0.340 e. The fraction of sp³-hybridized carbons (Fsp3) is 0.304. The number of anilines is 1. The molecule has 3 amide bonds. The van der Waals surface area contributed by atoms with E-state index in [2.05, 4.69) is 16.2 Å². The number of methoxy groups -OCH3 is 1. The van der Waals surface area contributed by atoms with Crippen molar-refractivity contribution in [3.8, 4) is 5.75 Å². The van der Waals surface area contributed by atoms with Crippen LogP contribution in [0.1, 0.15) is 23.6 Å². The highest BCUT2D eigenvalue weighted by molar-refractivity contribution is 6.30. The van der Waals surface area contributed by atoms with Crippen LogP contribution in [-0.4, -0.2) is 52.7 Å². The van der Waals surface area contributed by atoms with Crippen molar-refractivity contribution in [1.82, 2.24) is 25.8 Å². The molecule has 3 atom stereocenters. The second kappa shape index (κ2) is 8.58. The van der Waals surface area contributed by atoms with Gasteiger partial charge in [-0.1, -0.05) is 29.8 Å². The van der Waals surface area contributed by atoms with E-state index in [0.717, 1.165) is 17.5 Å². The molecule has 2 aromatic rings. The van der Waals surface area contributed by atoms with Crippen molar-refractivity contribution >= 4 is 29.2 Å². The van der Waals surface area contributed by atoms with E-state index >= 15 is 0 Å². The Bertz CT molecular complexity index is 1110. The van der Waals surface area contributed by atoms with E-state index in [1.54, 1.807) is 24.3 Å². The maximum atomic E-state index is 13.0. The first kappa shape index (κ1) is 21.6. The number of amides is 3. The van der Waals surface area contributed by atoms with Crippen LogP contribution in [0.3, 0.4) is 0 Å². The molecule has 0 radical (unpaired) electrons. The van der Waals surface area contributed by atoms with Crippen molar-refractivity contribution in [3.63, 3.8) is 0 Å². The highest BCUT2D eigenvalue weighted by atomic mass is 35.5. The lowest BCUT2D eigenvalue weighted by molar-refractivity contribution is -0.117. The van der Waals surface area contributed by atoms with Crippen LogP contribution in [-0.2, 0) is 4.79 Å². The summed E-state index contributed by atoms with van der Waals surface area (Å²) in [6, 6.07) is 13.1. The molecular weight excluding hydrogens is 444 g/mol. The molecule has 33 heavy (non-hydrogen) atoms. The van der Waals surface area contributed by atoms with E-state index < -0.39 is 0 Å². The summed E-state index contributed by atoms with van der Waals surface area (Å²) >= 11 is 6.02. The van der Waals surface area contributed by atoms with Crippen molar-refractivity contribution in [3.05, 3.63) is 71.0 Å². The summed E-state index contributed by atoms with van der Waals surface area (Å²) in [6.07, 6.45) is 4.09. The van der Waals surface area contributed by atoms with Gasteiger partial charge in [0, 0.05) is 17.4 Å². The fourth-order valence-electron chi connectivity index (χ4n) is 4.50. The first-order chi connectivity index (χ1) is 15.9. The van der Waals surface area contributed by atoms with Crippen molar-refractivity contribution in [2.75, 3.05) is 19.0 Å². The number of hydrogen-bond donors (Lipinski definition) is 3. The van der Waals surface area contributed by atoms with E-state index in [4.69, 9.17) is 16.3 Å². The predicted octanol–water partition coefficient (Wildman–Crippen LogP) is 2.97. The van der Waals surface area contributed by atoms with Gasteiger partial charge in [0.1, 0.15) is 18.5 Å². The van der Waals surface area contributed by atoms with Gasteiger partial charge in [0.15, 0.2) is 0 Å². The third kappa shape index (κ3) is 4.10. The Morgan fingerprint density at radius 1 is 1.18 bits per heavy atom. The number of fused-ring (bicyclic) bond motifs is 3. The van der Waals surface area contributed by atoms with Crippen LogP contribution in [0, 0.1) is 6.92 Å². The Morgan fingerprint density at radius 3 is 2.73 bits per heavy atom. The van der Waals surface area contributed by atoms with Crippen LogP contribution in [0.5, 0.6) is 5.75 Å². The molecule has 0 aromatic heterocycles. The van der Waals surface area contributed by atoms with Crippen LogP contribution < -0.4 is 20.9 Å². The molecule has 0 spiro atoms. The fourth-order valence-corrected chi connectivity index (χ4v) is 4.62. The summed E-state index contributed by atoms with van der Waals surface area (Å²) < 4.78 is 5.32. The van der Waals surface area contributed by atoms with Crippen molar-refractivity contribution in [2.24, 2.45) is 0 Å². The lowest BCUT2D eigenvalue weighted by Crippen LogP contribution is -2.54. The van der Waals surface area contributed by atoms with Gasteiger partial charge in [0.2, 0.25) is 5.91 Å². The Balaban J connectivity index is 1.26. The van der Waals surface area contributed by atoms with Gasteiger partial charge in [-0.3, -0.25) is 9.69 Å². The zero-order valence-corrected chi connectivity index (χ0v) is 19.0. The average Bonchev–Trinajstić information content (AvgIpc) is 3.36. The lowest BCUT2D eigenvalue weighted by Gasteiger charge is -2.34. The summed E-state index contributed by atoms with van der Waals surface area (Å²) in [5.41, 5.74) is 9.38. The molecular formula is C23H25ClN6O3. The van der Waals surface area contributed by atoms with Gasteiger partial charge in [-0.15, -0.1) is 0 Å². The average molecular weight is 469 g/mol. The van der Waals surface area contributed by atoms with Gasteiger partial charge in [0.25, 0.3) is 0 Å². The van der Waals surface area contributed by atoms with Crippen LogP contribution in [0.2, 0.25) is 5.02 Å². The number of hydrazine groups is 2. The molecule has 2 saturated heterocycles. The minimum Gasteiger partial charge on any atom is -0.495 e. The number of nitrogens with one attached hydrogen (secondary N) is 3. The number of rotatable bonds is 5. The van der Waals surface area contributed by atoms with Crippen molar-refractivity contribution in [2.45, 2.75) is 31.6 Å². The van der Waals surface area contributed by atoms with E-state index in [9.17, 15) is 9.59 Å². The molecule has 3 aliphatic rings. The molecule has 2 fully saturated rings. The van der Waals surface area contributed by atoms with E-state index in [-0.39, 0.29) is 36.7 Å². The third-order valence-electron chi connectivity index (χ3n) is 6.13. The second-order valence-corrected chi connectivity index (χ2v) is 8.78. The number of aryl methyl sites for hydroxylation is 1. The summed E-state index contributed by atoms with van der Waals surface area (Å²) in [6.45, 7) is 1.81. The minimum atomic E-state index is -0.316. The number of benzene rings is 2. The summed E-state index contributed by atoms with van der Waals surface area (Å²) in [7, 11) is 1.55. The Hall–Kier alpha value is -3.27. The van der Waals surface area contributed by atoms with E-state index in [0.29, 0.717) is 16.5 Å². The number of carbonyl (C=O) groups is 2. The van der Waals surface area contributed by atoms with Gasteiger partial charge in [-0.25, -0.2) is 20.7 Å². The highest BCUT2D eigenvalue weighted by Gasteiger charge is 2.48. The van der Waals surface area contributed by atoms with E-state index in [1.165, 1.54) is 5.01 Å². The van der Waals surface area contributed by atoms with Gasteiger partial charge >= 0.3 is 6.03 Å². The summed E-state index contributed by atoms with van der Waals surface area (Å²) in [5.74, 6) is 0.250. The predicted molar refractivity (Wildman–Crippen MR) is 124 cm³/mol. The maximum Gasteiger partial charge on any atom is 0.340 e. The molecule has 0 saturated carbocycles. The molecule has 2 aromatic carbocycles. The molecule has 5 rings (SSSR count). The topological polar surface area (TPSA) is 89.2 Å². The molecule has 0 bridgehead atoms. The first-order valence-corrected chi connectivity index (χ1v) is 11.1. The Morgan fingerprint density at radius 2 is 1.97 bits per heavy atom. The summed E-state index contributed by atoms with van der Waals surface area (Å²) in [4.78, 5) is 27.3. The van der Waals surface area contributed by atoms with Crippen molar-refractivity contribution < 1.29 is 14.3 Å². The Kier molecular flexibility index (Phi) is 5.61. The number of hydrogen-bond acceptors (Lipinski definition) is 6. The second-order valence-electron chi connectivity index (χ2n) is 8.34. The van der Waals surface area contributed by atoms with Crippen LogP contribution in [0.15, 0.2) is 54.9 Å². The maximum absolute atomic E-state index is 13.0. The number of nitrogens with zero attached hydrogens (tertiary/aromatic N) is 3. The number of halogens is 1. The van der Waals surface area contributed by atoms with Crippen LogP contribution >= 0.6 is 11.6 Å². The first-order valence-electron chi connectivity index (χ1n) is 10.7. The van der Waals surface area contributed by atoms with Gasteiger partial charge in [-0.05, 0) is 48.7 Å². The molecule has 3 aliphatic heterocycles. The SMILES string of the molecule is COc1ccc(C)cc1NC(=O)CN1NC2C3CC(c4ccc(Cl)cc4)NN3C=CN2C1=O. The number of carbonyl (C=O) groups excluding carboxylic acids is 2. The van der Waals surface area contributed by atoms with E-state index in [1.807, 2.05) is 54.5 Å². The largest absolute Gasteiger partial charge is 0.495 e. The highest BCUT2D eigenvalue weighted by Crippen LogP contribution is 2.35. The van der Waals surface area contributed by atoms with Gasteiger partial charge in [0.05, 0.1) is 24.9 Å². The quantitative estimate of drug-likeness (QED) is 0.625. The molecule has 0 aliphatic carbocycles. The molecule has 3 unspecified atom stereocenters. The molecule has 172 valence electrons.